The fourth-order valence-corrected chi connectivity index (χ4v) is 2.52. The Morgan fingerprint density at radius 1 is 0.893 bits per heavy atom. The molecule has 2 N–H and O–H groups in total. The first-order valence-electron chi connectivity index (χ1n) is 8.64. The van der Waals surface area contributed by atoms with Gasteiger partial charge in [0.25, 0.3) is 5.91 Å². The second-order valence-electron chi connectivity index (χ2n) is 6.25. The Morgan fingerprint density at radius 2 is 1.71 bits per heavy atom. The van der Waals surface area contributed by atoms with Crippen LogP contribution in [0.1, 0.15) is 32.0 Å². The van der Waals surface area contributed by atoms with Crippen molar-refractivity contribution in [1.82, 2.24) is 10.2 Å². The zero-order valence-electron chi connectivity index (χ0n) is 15.8. The van der Waals surface area contributed by atoms with E-state index in [0.29, 0.717) is 17.1 Å². The molecular weight excluding hydrogens is 356 g/mol. The average Bonchev–Trinajstić information content (AvgIpc) is 2.71. The summed E-state index contributed by atoms with van der Waals surface area (Å²) in [7, 11) is 1.30. The lowest BCUT2D eigenvalue weighted by Crippen LogP contribution is -2.15. The first kappa shape index (κ1) is 19.0. The summed E-state index contributed by atoms with van der Waals surface area (Å²) in [6.07, 6.45) is 0. The molecule has 0 saturated carbocycles. The van der Waals surface area contributed by atoms with Crippen LogP contribution >= 0.6 is 0 Å². The number of methoxy groups -OCH3 is 1. The van der Waals surface area contributed by atoms with Crippen molar-refractivity contribution >= 4 is 29.1 Å². The molecule has 1 heterocycles. The lowest BCUT2D eigenvalue weighted by molar-refractivity contribution is 0.0600. The Hall–Kier alpha value is -3.74. The number of nitrogens with zero attached hydrogens (tertiary/aromatic N) is 2. The second kappa shape index (κ2) is 8.30. The fourth-order valence-electron chi connectivity index (χ4n) is 2.52. The molecule has 0 fully saturated rings. The van der Waals surface area contributed by atoms with Gasteiger partial charge < -0.3 is 15.4 Å². The van der Waals surface area contributed by atoms with Crippen molar-refractivity contribution in [2.24, 2.45) is 0 Å². The van der Waals surface area contributed by atoms with Gasteiger partial charge in [-0.15, -0.1) is 10.2 Å². The number of benzene rings is 2. The lowest BCUT2D eigenvalue weighted by atomic mass is 10.1. The summed E-state index contributed by atoms with van der Waals surface area (Å²) in [4.78, 5) is 24.0. The molecule has 1 aromatic heterocycles. The van der Waals surface area contributed by atoms with E-state index in [0.717, 1.165) is 5.69 Å². The number of amides is 1. The van der Waals surface area contributed by atoms with Crippen LogP contribution in [0.15, 0.2) is 54.6 Å². The molecular formula is C21H20N4O3. The van der Waals surface area contributed by atoms with Gasteiger partial charge in [-0.3, -0.25) is 4.79 Å². The molecule has 0 aliphatic rings. The molecule has 0 atom stereocenters. The van der Waals surface area contributed by atoms with Crippen LogP contribution in [0, 0.1) is 13.8 Å². The summed E-state index contributed by atoms with van der Waals surface area (Å²) in [5.74, 6) is -0.364. The van der Waals surface area contributed by atoms with Crippen molar-refractivity contribution in [3.05, 3.63) is 77.0 Å². The van der Waals surface area contributed by atoms with Gasteiger partial charge in [-0.2, -0.15) is 0 Å². The smallest absolute Gasteiger partial charge is 0.337 e. The van der Waals surface area contributed by atoms with Gasteiger partial charge in [0.05, 0.1) is 12.7 Å². The number of carbonyl (C=O) groups is 2. The third-order valence-corrected chi connectivity index (χ3v) is 4.22. The van der Waals surface area contributed by atoms with E-state index in [1.54, 1.807) is 30.3 Å². The van der Waals surface area contributed by atoms with Crippen LogP contribution in [-0.4, -0.2) is 29.2 Å². The van der Waals surface area contributed by atoms with Gasteiger partial charge >= 0.3 is 5.97 Å². The van der Waals surface area contributed by atoms with Gasteiger partial charge in [-0.05, 0) is 67.4 Å². The van der Waals surface area contributed by atoms with Crippen LogP contribution in [0.2, 0.25) is 0 Å². The van der Waals surface area contributed by atoms with E-state index in [-0.39, 0.29) is 5.69 Å². The number of esters is 1. The molecule has 3 aromatic rings. The van der Waals surface area contributed by atoms with Gasteiger partial charge in [0.2, 0.25) is 0 Å². The van der Waals surface area contributed by atoms with E-state index in [4.69, 9.17) is 0 Å². The molecule has 0 aliphatic carbocycles. The minimum absolute atomic E-state index is 0.161. The zero-order chi connectivity index (χ0) is 20.1. The molecule has 0 radical (unpaired) electrons. The Bertz CT molecular complexity index is 1020. The van der Waals surface area contributed by atoms with Crippen LogP contribution in [0.3, 0.4) is 0 Å². The van der Waals surface area contributed by atoms with Crippen LogP contribution in [0.25, 0.3) is 0 Å². The molecule has 7 nitrogen and oxygen atoms in total. The molecule has 0 aliphatic heterocycles. The highest BCUT2D eigenvalue weighted by molar-refractivity contribution is 6.03. The summed E-state index contributed by atoms with van der Waals surface area (Å²) in [5.41, 5.74) is 4.25. The van der Waals surface area contributed by atoms with Gasteiger partial charge in [0, 0.05) is 11.4 Å². The number of nitrogens with one attached hydrogen (secondary N) is 2. The highest BCUT2D eigenvalue weighted by Gasteiger charge is 2.11. The first-order valence-corrected chi connectivity index (χ1v) is 8.64. The Kier molecular flexibility index (Phi) is 5.64. The molecule has 0 saturated heterocycles. The molecule has 142 valence electrons. The van der Waals surface area contributed by atoms with Gasteiger partial charge in [0.1, 0.15) is 0 Å². The highest BCUT2D eigenvalue weighted by atomic mass is 16.5. The SMILES string of the molecule is COC(=O)c1cccc(NC(=O)c2ccc(Nc3ccc(C)c(C)c3)nn2)c1. The minimum Gasteiger partial charge on any atom is -0.465 e. The van der Waals surface area contributed by atoms with Crippen molar-refractivity contribution in [1.29, 1.82) is 0 Å². The molecule has 7 heteroatoms. The Balaban J connectivity index is 1.68. The van der Waals surface area contributed by atoms with E-state index in [1.807, 2.05) is 32.0 Å². The zero-order valence-corrected chi connectivity index (χ0v) is 15.8. The quantitative estimate of drug-likeness (QED) is 0.657. The number of aryl methyl sites for hydroxylation is 2. The number of rotatable bonds is 5. The van der Waals surface area contributed by atoms with Gasteiger partial charge in [-0.25, -0.2) is 4.79 Å². The third kappa shape index (κ3) is 4.50. The summed E-state index contributed by atoms with van der Waals surface area (Å²) in [5, 5.41) is 13.9. The van der Waals surface area contributed by atoms with E-state index in [2.05, 4.69) is 25.6 Å². The molecule has 3 rings (SSSR count). The second-order valence-corrected chi connectivity index (χ2v) is 6.25. The molecule has 1 amide bonds. The van der Waals surface area contributed by atoms with Gasteiger partial charge in [-0.1, -0.05) is 12.1 Å². The van der Waals surface area contributed by atoms with Crippen molar-refractivity contribution in [3.63, 3.8) is 0 Å². The largest absolute Gasteiger partial charge is 0.465 e. The standard InChI is InChI=1S/C21H20N4O3/c1-13-7-8-17(11-14(13)2)22-19-10-9-18(24-25-19)20(26)23-16-6-4-5-15(12-16)21(27)28-3/h4-12H,1-3H3,(H,22,25)(H,23,26). The summed E-state index contributed by atoms with van der Waals surface area (Å²) in [6.45, 7) is 4.09. The predicted molar refractivity (Wildman–Crippen MR) is 107 cm³/mol. The number of hydrogen-bond donors (Lipinski definition) is 2. The van der Waals surface area contributed by atoms with E-state index in [9.17, 15) is 9.59 Å². The number of anilines is 3. The summed E-state index contributed by atoms with van der Waals surface area (Å²) in [6, 6.07) is 15.7. The fraction of sp³-hybridized carbons (Fsp3) is 0.143. The minimum atomic E-state index is -0.474. The van der Waals surface area contributed by atoms with E-state index in [1.165, 1.54) is 24.3 Å². The van der Waals surface area contributed by atoms with Crippen LogP contribution in [-0.2, 0) is 4.74 Å². The maximum Gasteiger partial charge on any atom is 0.337 e. The normalized spacial score (nSPS) is 10.2. The van der Waals surface area contributed by atoms with E-state index < -0.39 is 11.9 Å². The lowest BCUT2D eigenvalue weighted by Gasteiger charge is -2.09. The number of carbonyl (C=O) groups excluding carboxylic acids is 2. The topological polar surface area (TPSA) is 93.2 Å². The van der Waals surface area contributed by atoms with Crippen LogP contribution in [0.4, 0.5) is 17.2 Å². The number of hydrogen-bond acceptors (Lipinski definition) is 6. The molecule has 0 unspecified atom stereocenters. The number of ether oxygens (including phenoxy) is 1. The van der Waals surface area contributed by atoms with Crippen molar-refractivity contribution in [3.8, 4) is 0 Å². The van der Waals surface area contributed by atoms with E-state index >= 15 is 0 Å². The number of aromatic nitrogens is 2. The monoisotopic (exact) mass is 376 g/mol. The predicted octanol–water partition coefficient (Wildman–Crippen LogP) is 3.88. The van der Waals surface area contributed by atoms with Crippen molar-refractivity contribution in [2.75, 3.05) is 17.7 Å². The summed E-state index contributed by atoms with van der Waals surface area (Å²) >= 11 is 0. The molecule has 28 heavy (non-hydrogen) atoms. The Morgan fingerprint density at radius 3 is 2.39 bits per heavy atom. The average molecular weight is 376 g/mol. The Labute approximate surface area is 162 Å². The molecule has 0 bridgehead atoms. The van der Waals surface area contributed by atoms with Crippen LogP contribution < -0.4 is 10.6 Å². The third-order valence-electron chi connectivity index (χ3n) is 4.22. The van der Waals surface area contributed by atoms with Crippen molar-refractivity contribution in [2.45, 2.75) is 13.8 Å². The molecule has 2 aromatic carbocycles. The summed E-state index contributed by atoms with van der Waals surface area (Å²) < 4.78 is 4.68. The highest BCUT2D eigenvalue weighted by Crippen LogP contribution is 2.18. The first-order chi connectivity index (χ1) is 13.5. The maximum atomic E-state index is 12.4. The maximum absolute atomic E-state index is 12.4. The molecule has 0 spiro atoms. The van der Waals surface area contributed by atoms with Gasteiger partial charge in [0.15, 0.2) is 11.5 Å². The van der Waals surface area contributed by atoms with Crippen molar-refractivity contribution < 1.29 is 14.3 Å². The van der Waals surface area contributed by atoms with Crippen LogP contribution in [0.5, 0.6) is 0 Å².